The minimum Gasteiger partial charge on any atom is -0.495 e. The first-order valence-electron chi connectivity index (χ1n) is 10.1. The third-order valence-electron chi connectivity index (χ3n) is 4.78. The van der Waals surface area contributed by atoms with Crippen LogP contribution in [0, 0.1) is 12.8 Å². The molecule has 0 atom stereocenters. The molecule has 1 aliphatic heterocycles. The molecule has 6 heteroatoms. The molecule has 1 N–H and O–H groups in total. The van der Waals surface area contributed by atoms with Crippen LogP contribution in [-0.2, 0) is 9.59 Å². The van der Waals surface area contributed by atoms with Crippen LogP contribution < -0.4 is 14.8 Å². The Labute approximate surface area is 177 Å². The lowest BCUT2D eigenvalue weighted by Crippen LogP contribution is -2.35. The van der Waals surface area contributed by atoms with Gasteiger partial charge in [-0.05, 0) is 55.2 Å². The molecular weight excluding hydrogens is 380 g/mol. The Morgan fingerprint density at radius 3 is 2.33 bits per heavy atom. The number of anilines is 1. The summed E-state index contributed by atoms with van der Waals surface area (Å²) in [5.74, 6) is 0.842. The van der Waals surface area contributed by atoms with E-state index < -0.39 is 0 Å². The Morgan fingerprint density at radius 2 is 1.73 bits per heavy atom. The highest BCUT2D eigenvalue weighted by atomic mass is 16.5. The first-order chi connectivity index (χ1) is 14.3. The van der Waals surface area contributed by atoms with E-state index >= 15 is 0 Å². The summed E-state index contributed by atoms with van der Waals surface area (Å²) in [4.78, 5) is 27.7. The van der Waals surface area contributed by atoms with Gasteiger partial charge in [-0.2, -0.15) is 0 Å². The average molecular weight is 408 g/mol. The Hall–Kier alpha value is -3.28. The second-order valence-electron chi connectivity index (χ2n) is 7.65. The minimum atomic E-state index is -0.332. The van der Waals surface area contributed by atoms with E-state index in [1.807, 2.05) is 45.9 Å². The van der Waals surface area contributed by atoms with Crippen molar-refractivity contribution in [1.29, 1.82) is 0 Å². The number of carbonyl (C=O) groups is 2. The Bertz CT molecular complexity index is 977. The SMILES string of the molecule is CCOc1ccc(C2=C(Nc3cc(C)ccc3OC)C(=O)N(CC(C)C)C2=O)cc1. The molecule has 30 heavy (non-hydrogen) atoms. The molecule has 158 valence electrons. The molecule has 2 aromatic carbocycles. The second-order valence-corrected chi connectivity index (χ2v) is 7.65. The highest BCUT2D eigenvalue weighted by Gasteiger charge is 2.39. The number of rotatable bonds is 8. The lowest BCUT2D eigenvalue weighted by Gasteiger charge is -2.18. The van der Waals surface area contributed by atoms with E-state index in [0.29, 0.717) is 41.5 Å². The van der Waals surface area contributed by atoms with Crippen molar-refractivity contribution in [2.75, 3.05) is 25.6 Å². The maximum Gasteiger partial charge on any atom is 0.278 e. The Balaban J connectivity index is 2.08. The number of methoxy groups -OCH3 is 1. The molecule has 1 aliphatic rings. The summed E-state index contributed by atoms with van der Waals surface area (Å²) in [6, 6.07) is 12.9. The molecular formula is C24H28N2O4. The standard InChI is InChI=1S/C24H28N2O4/c1-6-30-18-10-8-17(9-11-18)21-22(24(28)26(23(21)27)14-15(2)3)25-19-13-16(4)7-12-20(19)29-5/h7-13,15,25H,6,14H2,1-5H3. The van der Waals surface area contributed by atoms with E-state index in [9.17, 15) is 9.59 Å². The molecule has 0 spiro atoms. The van der Waals surface area contributed by atoms with E-state index in [1.54, 1.807) is 31.4 Å². The number of hydrogen-bond donors (Lipinski definition) is 1. The summed E-state index contributed by atoms with van der Waals surface area (Å²) in [6.45, 7) is 8.74. The zero-order valence-electron chi connectivity index (χ0n) is 18.1. The lowest BCUT2D eigenvalue weighted by molar-refractivity contribution is -0.137. The van der Waals surface area contributed by atoms with E-state index in [1.165, 1.54) is 4.90 Å². The quantitative estimate of drug-likeness (QED) is 0.662. The van der Waals surface area contributed by atoms with Gasteiger partial charge < -0.3 is 14.8 Å². The van der Waals surface area contributed by atoms with Gasteiger partial charge in [-0.15, -0.1) is 0 Å². The molecule has 0 unspecified atom stereocenters. The maximum absolute atomic E-state index is 13.2. The van der Waals surface area contributed by atoms with Crippen molar-refractivity contribution in [2.45, 2.75) is 27.7 Å². The lowest BCUT2D eigenvalue weighted by atomic mass is 10.0. The highest BCUT2D eigenvalue weighted by Crippen LogP contribution is 2.34. The van der Waals surface area contributed by atoms with Gasteiger partial charge in [0.25, 0.3) is 11.8 Å². The predicted octanol–water partition coefficient (Wildman–Crippen LogP) is 4.25. The topological polar surface area (TPSA) is 67.9 Å². The van der Waals surface area contributed by atoms with Crippen molar-refractivity contribution in [3.8, 4) is 11.5 Å². The third kappa shape index (κ3) is 4.32. The smallest absolute Gasteiger partial charge is 0.278 e. The normalized spacial score (nSPS) is 14.0. The number of carbonyl (C=O) groups excluding carboxylic acids is 2. The second kappa shape index (κ2) is 9.03. The summed E-state index contributed by atoms with van der Waals surface area (Å²) in [6.07, 6.45) is 0. The summed E-state index contributed by atoms with van der Waals surface area (Å²) in [7, 11) is 1.57. The summed E-state index contributed by atoms with van der Waals surface area (Å²) in [5, 5.41) is 3.18. The first kappa shape index (κ1) is 21.4. The molecule has 0 radical (unpaired) electrons. The maximum atomic E-state index is 13.2. The largest absolute Gasteiger partial charge is 0.495 e. The molecule has 0 aromatic heterocycles. The molecule has 0 fully saturated rings. The number of hydrogen-bond acceptors (Lipinski definition) is 5. The van der Waals surface area contributed by atoms with Gasteiger partial charge in [-0.25, -0.2) is 0 Å². The highest BCUT2D eigenvalue weighted by molar-refractivity contribution is 6.36. The Morgan fingerprint density at radius 1 is 1.03 bits per heavy atom. The number of imide groups is 1. The molecule has 3 rings (SSSR count). The van der Waals surface area contributed by atoms with Crippen LogP contribution in [0.2, 0.25) is 0 Å². The number of nitrogens with zero attached hydrogens (tertiary/aromatic N) is 1. The molecule has 0 bridgehead atoms. The van der Waals surface area contributed by atoms with Crippen molar-refractivity contribution >= 4 is 23.1 Å². The third-order valence-corrected chi connectivity index (χ3v) is 4.78. The number of aryl methyl sites for hydroxylation is 1. The Kier molecular flexibility index (Phi) is 6.45. The van der Waals surface area contributed by atoms with Crippen LogP contribution in [0.5, 0.6) is 11.5 Å². The van der Waals surface area contributed by atoms with E-state index in [4.69, 9.17) is 9.47 Å². The van der Waals surface area contributed by atoms with Crippen molar-refractivity contribution in [3.05, 3.63) is 59.3 Å². The zero-order valence-corrected chi connectivity index (χ0v) is 18.1. The van der Waals surface area contributed by atoms with Crippen LogP contribution in [-0.4, -0.2) is 37.0 Å². The first-order valence-corrected chi connectivity index (χ1v) is 10.1. The fraction of sp³-hybridized carbons (Fsp3) is 0.333. The molecule has 1 heterocycles. The van der Waals surface area contributed by atoms with Gasteiger partial charge in [-0.1, -0.05) is 32.0 Å². The molecule has 2 aromatic rings. The van der Waals surface area contributed by atoms with Gasteiger partial charge >= 0.3 is 0 Å². The van der Waals surface area contributed by atoms with Crippen LogP contribution in [0.1, 0.15) is 31.9 Å². The van der Waals surface area contributed by atoms with E-state index in [2.05, 4.69) is 5.32 Å². The molecule has 0 aliphatic carbocycles. The summed E-state index contributed by atoms with van der Waals surface area (Å²) >= 11 is 0. The van der Waals surface area contributed by atoms with Gasteiger partial charge in [0.05, 0.1) is 25.0 Å². The van der Waals surface area contributed by atoms with Crippen molar-refractivity contribution in [3.63, 3.8) is 0 Å². The number of ether oxygens (including phenoxy) is 2. The predicted molar refractivity (Wildman–Crippen MR) is 117 cm³/mol. The van der Waals surface area contributed by atoms with Gasteiger partial charge in [0.2, 0.25) is 0 Å². The van der Waals surface area contributed by atoms with Gasteiger partial charge in [-0.3, -0.25) is 14.5 Å². The van der Waals surface area contributed by atoms with Crippen LogP contribution in [0.3, 0.4) is 0 Å². The van der Waals surface area contributed by atoms with Crippen molar-refractivity contribution < 1.29 is 19.1 Å². The van der Waals surface area contributed by atoms with Gasteiger partial charge in [0.1, 0.15) is 17.2 Å². The van der Waals surface area contributed by atoms with Gasteiger partial charge in [0.15, 0.2) is 0 Å². The molecule has 0 saturated carbocycles. The van der Waals surface area contributed by atoms with Crippen LogP contribution in [0.15, 0.2) is 48.2 Å². The fourth-order valence-electron chi connectivity index (χ4n) is 3.43. The van der Waals surface area contributed by atoms with Crippen LogP contribution in [0.4, 0.5) is 5.69 Å². The van der Waals surface area contributed by atoms with E-state index in [0.717, 1.165) is 5.56 Å². The van der Waals surface area contributed by atoms with Gasteiger partial charge in [0, 0.05) is 6.54 Å². The van der Waals surface area contributed by atoms with Crippen molar-refractivity contribution in [2.24, 2.45) is 5.92 Å². The minimum absolute atomic E-state index is 0.160. The average Bonchev–Trinajstić information content (AvgIpc) is 2.93. The van der Waals surface area contributed by atoms with Crippen LogP contribution >= 0.6 is 0 Å². The fourth-order valence-corrected chi connectivity index (χ4v) is 3.43. The summed E-state index contributed by atoms with van der Waals surface area (Å²) in [5.41, 5.74) is 2.93. The monoisotopic (exact) mass is 408 g/mol. The molecule has 2 amide bonds. The molecule has 6 nitrogen and oxygen atoms in total. The summed E-state index contributed by atoms with van der Waals surface area (Å²) < 4.78 is 10.9. The zero-order chi connectivity index (χ0) is 21.8. The number of benzene rings is 2. The van der Waals surface area contributed by atoms with Crippen molar-refractivity contribution in [1.82, 2.24) is 4.90 Å². The van der Waals surface area contributed by atoms with Crippen LogP contribution in [0.25, 0.3) is 5.57 Å². The number of nitrogens with one attached hydrogen (secondary N) is 1. The number of amides is 2. The van der Waals surface area contributed by atoms with E-state index in [-0.39, 0.29) is 23.4 Å². The molecule has 0 saturated heterocycles.